The fourth-order valence-corrected chi connectivity index (χ4v) is 4.44. The summed E-state index contributed by atoms with van der Waals surface area (Å²) < 4.78 is 58.4. The summed E-state index contributed by atoms with van der Waals surface area (Å²) in [6.45, 7) is 3.14. The van der Waals surface area contributed by atoms with Crippen molar-refractivity contribution in [1.29, 1.82) is 0 Å². The van der Waals surface area contributed by atoms with Crippen molar-refractivity contribution >= 4 is 17.1 Å². The molecule has 0 bridgehead atoms. The lowest BCUT2D eigenvalue weighted by Crippen LogP contribution is -2.43. The first-order valence-electron chi connectivity index (χ1n) is 12.0. The third-order valence-corrected chi connectivity index (χ3v) is 6.65. The van der Waals surface area contributed by atoms with Gasteiger partial charge in [0.15, 0.2) is 0 Å². The first-order chi connectivity index (χ1) is 17.7. The fourth-order valence-electron chi connectivity index (χ4n) is 4.00. The van der Waals surface area contributed by atoms with E-state index in [4.69, 9.17) is 4.74 Å². The molecular weight excluding hydrogens is 501 g/mol. The number of hydrogen-bond acceptors (Lipinski definition) is 3. The molecule has 1 saturated heterocycles. The summed E-state index contributed by atoms with van der Waals surface area (Å²) in [5.74, 6) is -1.40. The Morgan fingerprint density at radius 3 is 2.30 bits per heavy atom. The Morgan fingerprint density at radius 1 is 1.03 bits per heavy atom. The predicted octanol–water partition coefficient (Wildman–Crippen LogP) is 6.39. The van der Waals surface area contributed by atoms with E-state index in [-0.39, 0.29) is 24.1 Å². The summed E-state index contributed by atoms with van der Waals surface area (Å²) in [7, 11) is -1.03. The smallest absolute Gasteiger partial charge is 0.410 e. The van der Waals surface area contributed by atoms with E-state index in [9.17, 15) is 22.2 Å². The summed E-state index contributed by atoms with van der Waals surface area (Å²) in [4.78, 5) is 14.2. The van der Waals surface area contributed by atoms with Gasteiger partial charge in [0, 0.05) is 37.4 Å². The molecule has 1 heterocycles. The molecule has 1 aliphatic rings. The SMILES string of the molecule is CC(c1ccc(-c2ccc(F)cc2F)cc1)N1CCC(CCCNS(C)=O)OC1=O.Fc1ccccc1. The van der Waals surface area contributed by atoms with E-state index in [0.717, 1.165) is 30.9 Å². The van der Waals surface area contributed by atoms with Crippen molar-refractivity contribution in [3.8, 4) is 11.1 Å². The number of benzene rings is 3. The number of carbonyl (C=O) groups excluding carboxylic acids is 1. The summed E-state index contributed by atoms with van der Waals surface area (Å²) in [6, 6.07) is 18.5. The van der Waals surface area contributed by atoms with E-state index in [1.807, 2.05) is 19.1 Å². The molecule has 1 amide bonds. The van der Waals surface area contributed by atoms with Crippen LogP contribution in [0.2, 0.25) is 0 Å². The largest absolute Gasteiger partial charge is 0.446 e. The van der Waals surface area contributed by atoms with Crippen LogP contribution in [0.5, 0.6) is 0 Å². The second-order valence-electron chi connectivity index (χ2n) is 8.70. The number of amides is 1. The van der Waals surface area contributed by atoms with Crippen LogP contribution < -0.4 is 4.72 Å². The van der Waals surface area contributed by atoms with Gasteiger partial charge in [0.2, 0.25) is 0 Å². The second kappa shape index (κ2) is 13.9. The van der Waals surface area contributed by atoms with Gasteiger partial charge in [0.05, 0.1) is 17.0 Å². The lowest BCUT2D eigenvalue weighted by Gasteiger charge is -2.36. The van der Waals surface area contributed by atoms with Crippen LogP contribution in [-0.2, 0) is 15.7 Å². The molecule has 3 aromatic rings. The van der Waals surface area contributed by atoms with Gasteiger partial charge in [-0.05, 0) is 55.2 Å². The van der Waals surface area contributed by atoms with Crippen LogP contribution in [0.15, 0.2) is 72.8 Å². The number of hydrogen-bond donors (Lipinski definition) is 1. The Bertz CT molecular complexity index is 1180. The molecule has 1 fully saturated rings. The minimum atomic E-state index is -1.03. The number of rotatable bonds is 8. The van der Waals surface area contributed by atoms with Crippen molar-refractivity contribution in [2.24, 2.45) is 0 Å². The van der Waals surface area contributed by atoms with Crippen LogP contribution in [-0.4, -0.2) is 40.7 Å². The maximum atomic E-state index is 14.0. The van der Waals surface area contributed by atoms with Gasteiger partial charge in [-0.1, -0.05) is 42.5 Å². The van der Waals surface area contributed by atoms with Gasteiger partial charge in [-0.15, -0.1) is 0 Å². The highest BCUT2D eigenvalue weighted by Gasteiger charge is 2.30. The molecule has 5 nitrogen and oxygen atoms in total. The van der Waals surface area contributed by atoms with Crippen molar-refractivity contribution in [3.63, 3.8) is 0 Å². The van der Waals surface area contributed by atoms with Crippen LogP contribution >= 0.6 is 0 Å². The molecule has 1 N–H and O–H groups in total. The topological polar surface area (TPSA) is 58.6 Å². The van der Waals surface area contributed by atoms with Crippen molar-refractivity contribution in [1.82, 2.24) is 9.62 Å². The molecule has 3 aromatic carbocycles. The Labute approximate surface area is 218 Å². The molecular formula is C28H31F3N2O3S. The minimum absolute atomic E-state index is 0.128. The first-order valence-corrected chi connectivity index (χ1v) is 13.6. The molecule has 1 aliphatic heterocycles. The van der Waals surface area contributed by atoms with Gasteiger partial charge in [-0.3, -0.25) is 0 Å². The molecule has 0 aromatic heterocycles. The van der Waals surface area contributed by atoms with E-state index in [2.05, 4.69) is 4.72 Å². The molecule has 0 aliphatic carbocycles. The fraction of sp³-hybridized carbons (Fsp3) is 0.321. The molecule has 0 spiro atoms. The van der Waals surface area contributed by atoms with E-state index in [0.29, 0.717) is 24.2 Å². The van der Waals surface area contributed by atoms with Gasteiger partial charge in [0.25, 0.3) is 0 Å². The van der Waals surface area contributed by atoms with Gasteiger partial charge in [-0.25, -0.2) is 26.9 Å². The lowest BCUT2D eigenvalue weighted by atomic mass is 9.99. The number of carbonyl (C=O) groups is 1. The monoisotopic (exact) mass is 532 g/mol. The first kappa shape index (κ1) is 28.4. The highest BCUT2D eigenvalue weighted by molar-refractivity contribution is 7.82. The number of halogens is 3. The highest BCUT2D eigenvalue weighted by Crippen LogP contribution is 2.29. The van der Waals surface area contributed by atoms with Gasteiger partial charge in [0.1, 0.15) is 23.6 Å². The molecule has 4 rings (SSSR count). The highest BCUT2D eigenvalue weighted by atomic mass is 32.2. The average Bonchev–Trinajstić information content (AvgIpc) is 2.87. The number of nitrogens with one attached hydrogen (secondary N) is 1. The summed E-state index contributed by atoms with van der Waals surface area (Å²) in [5, 5.41) is 0. The molecule has 9 heteroatoms. The van der Waals surface area contributed by atoms with Crippen molar-refractivity contribution in [3.05, 3.63) is 95.8 Å². The third-order valence-electron chi connectivity index (χ3n) is 6.04. The summed E-state index contributed by atoms with van der Waals surface area (Å²) in [6.07, 6.45) is 3.37. The lowest BCUT2D eigenvalue weighted by molar-refractivity contribution is 0.00942. The maximum absolute atomic E-state index is 14.0. The summed E-state index contributed by atoms with van der Waals surface area (Å²) >= 11 is 0. The van der Waals surface area contributed by atoms with Crippen LogP contribution in [0.25, 0.3) is 11.1 Å². The van der Waals surface area contributed by atoms with Crippen molar-refractivity contribution < 1.29 is 26.9 Å². The number of nitrogens with zero attached hydrogens (tertiary/aromatic N) is 1. The van der Waals surface area contributed by atoms with Gasteiger partial charge in [-0.2, -0.15) is 0 Å². The van der Waals surface area contributed by atoms with E-state index in [1.165, 1.54) is 24.3 Å². The average molecular weight is 533 g/mol. The molecule has 37 heavy (non-hydrogen) atoms. The van der Waals surface area contributed by atoms with Gasteiger partial charge >= 0.3 is 6.09 Å². The summed E-state index contributed by atoms with van der Waals surface area (Å²) in [5.41, 5.74) is 1.88. The van der Waals surface area contributed by atoms with Crippen LogP contribution in [0.1, 0.15) is 37.8 Å². The quantitative estimate of drug-likeness (QED) is 0.342. The third kappa shape index (κ3) is 8.72. The zero-order chi connectivity index (χ0) is 26.8. The van der Waals surface area contributed by atoms with Crippen molar-refractivity contribution in [2.45, 2.75) is 38.3 Å². The zero-order valence-electron chi connectivity index (χ0n) is 20.8. The van der Waals surface area contributed by atoms with E-state index in [1.54, 1.807) is 41.5 Å². The maximum Gasteiger partial charge on any atom is 0.410 e. The molecule has 3 unspecified atom stereocenters. The Hall–Kier alpha value is -3.17. The number of cyclic esters (lactones) is 1. The van der Waals surface area contributed by atoms with E-state index >= 15 is 0 Å². The second-order valence-corrected chi connectivity index (χ2v) is 9.89. The molecule has 0 radical (unpaired) electrons. The van der Waals surface area contributed by atoms with Crippen LogP contribution in [0, 0.1) is 17.5 Å². The van der Waals surface area contributed by atoms with E-state index < -0.39 is 22.6 Å². The molecule has 3 atom stereocenters. The normalized spacial score (nSPS) is 16.8. The Balaban J connectivity index is 0.000000468. The predicted molar refractivity (Wildman–Crippen MR) is 140 cm³/mol. The Kier molecular flexibility index (Phi) is 10.7. The Morgan fingerprint density at radius 2 is 1.73 bits per heavy atom. The number of ether oxygens (including phenoxy) is 1. The molecule has 0 saturated carbocycles. The van der Waals surface area contributed by atoms with Crippen LogP contribution in [0.3, 0.4) is 0 Å². The van der Waals surface area contributed by atoms with Crippen molar-refractivity contribution in [2.75, 3.05) is 19.3 Å². The standard InChI is InChI=1S/C22H26F2N2O3S.C6H5F/c1-15(26-13-11-19(29-22(26)27)4-3-12-25-30(2)28)16-5-7-17(8-6-16)20-10-9-18(23)14-21(20)24;7-6-4-2-1-3-5-6/h5-10,14-15,19,25H,3-4,11-13H2,1-2H3;1-5H. The van der Waals surface area contributed by atoms with Crippen LogP contribution in [0.4, 0.5) is 18.0 Å². The minimum Gasteiger partial charge on any atom is -0.446 e. The zero-order valence-corrected chi connectivity index (χ0v) is 21.6. The van der Waals surface area contributed by atoms with Gasteiger partial charge < -0.3 is 9.64 Å². The molecule has 198 valence electrons.